The second-order valence-corrected chi connectivity index (χ2v) is 4.85. The van der Waals surface area contributed by atoms with Gasteiger partial charge in [0.1, 0.15) is 0 Å². The maximum absolute atomic E-state index is 10.8. The van der Waals surface area contributed by atoms with Crippen LogP contribution in [0.5, 0.6) is 0 Å². The molecule has 0 saturated carbocycles. The lowest BCUT2D eigenvalue weighted by molar-refractivity contribution is -0.138. The van der Waals surface area contributed by atoms with Crippen molar-refractivity contribution in [1.29, 1.82) is 0 Å². The zero-order chi connectivity index (χ0) is 15.2. The van der Waals surface area contributed by atoms with Crippen LogP contribution in [0.2, 0.25) is 0 Å². The number of hydrogen-bond donors (Lipinski definition) is 1. The van der Waals surface area contributed by atoms with Crippen molar-refractivity contribution in [3.05, 3.63) is 36.2 Å². The van der Waals surface area contributed by atoms with Gasteiger partial charge in [0.15, 0.2) is 5.82 Å². The number of nitrogens with zero attached hydrogens (tertiary/aromatic N) is 5. The second-order valence-electron chi connectivity index (χ2n) is 4.85. The average molecular weight is 289 g/mol. The predicted molar refractivity (Wildman–Crippen MR) is 77.0 cm³/mol. The van der Waals surface area contributed by atoms with E-state index in [-0.39, 0.29) is 12.5 Å². The van der Waals surface area contributed by atoms with Crippen molar-refractivity contribution in [1.82, 2.24) is 25.1 Å². The molecule has 1 heterocycles. The average Bonchev–Trinajstić information content (AvgIpc) is 2.93. The third-order valence-electron chi connectivity index (χ3n) is 3.38. The molecule has 0 bridgehead atoms. The minimum absolute atomic E-state index is 0.0755. The number of carbonyl (C=O) groups is 1. The highest BCUT2D eigenvalue weighted by molar-refractivity contribution is 5.67. The number of tetrazole rings is 1. The van der Waals surface area contributed by atoms with E-state index >= 15 is 0 Å². The van der Waals surface area contributed by atoms with Crippen molar-refractivity contribution in [2.24, 2.45) is 0 Å². The van der Waals surface area contributed by atoms with Crippen LogP contribution in [0.4, 0.5) is 0 Å². The summed E-state index contributed by atoms with van der Waals surface area (Å²) in [7, 11) is 0. The van der Waals surface area contributed by atoms with Gasteiger partial charge >= 0.3 is 5.97 Å². The molecule has 112 valence electrons. The first-order valence-corrected chi connectivity index (χ1v) is 6.90. The molecule has 1 N–H and O–H groups in total. The summed E-state index contributed by atoms with van der Waals surface area (Å²) in [5.41, 5.74) is 0.888. The Morgan fingerprint density at radius 1 is 1.38 bits per heavy atom. The van der Waals surface area contributed by atoms with Crippen molar-refractivity contribution >= 4 is 5.97 Å². The van der Waals surface area contributed by atoms with Gasteiger partial charge in [-0.3, -0.25) is 9.69 Å². The van der Waals surface area contributed by atoms with E-state index in [2.05, 4.69) is 15.5 Å². The highest BCUT2D eigenvalue weighted by atomic mass is 16.4. The van der Waals surface area contributed by atoms with Crippen molar-refractivity contribution < 1.29 is 9.90 Å². The lowest BCUT2D eigenvalue weighted by Crippen LogP contribution is -2.35. The third kappa shape index (κ3) is 3.85. The Hall–Kier alpha value is -2.28. The summed E-state index contributed by atoms with van der Waals surface area (Å²) in [4.78, 5) is 12.9. The highest BCUT2D eigenvalue weighted by Gasteiger charge is 2.19. The fraction of sp³-hybridized carbons (Fsp3) is 0.429. The molecule has 0 aliphatic rings. The van der Waals surface area contributed by atoms with E-state index in [0.29, 0.717) is 12.4 Å². The molecule has 0 amide bonds. The molecule has 7 nitrogen and oxygen atoms in total. The number of aliphatic carboxylic acids is 1. The molecule has 21 heavy (non-hydrogen) atoms. The Labute approximate surface area is 123 Å². The molecule has 2 rings (SSSR count). The molecule has 0 aliphatic carbocycles. The van der Waals surface area contributed by atoms with Gasteiger partial charge in [0.2, 0.25) is 0 Å². The molecule has 0 spiro atoms. The van der Waals surface area contributed by atoms with Crippen LogP contribution < -0.4 is 0 Å². The summed E-state index contributed by atoms with van der Waals surface area (Å²) < 4.78 is 1.68. The fourth-order valence-corrected chi connectivity index (χ4v) is 2.22. The molecule has 0 saturated heterocycles. The lowest BCUT2D eigenvalue weighted by atomic mass is 10.2. The molecule has 2 aromatic rings. The number of carboxylic acid groups (broad SMARTS) is 1. The summed E-state index contributed by atoms with van der Waals surface area (Å²) in [5, 5.41) is 20.7. The van der Waals surface area contributed by atoms with Crippen LogP contribution in [0.25, 0.3) is 5.69 Å². The normalized spacial score (nSPS) is 12.5. The first-order valence-electron chi connectivity index (χ1n) is 6.90. The number of aromatic nitrogens is 4. The quantitative estimate of drug-likeness (QED) is 0.828. The van der Waals surface area contributed by atoms with E-state index in [1.165, 1.54) is 0 Å². The largest absolute Gasteiger partial charge is 0.481 e. The maximum atomic E-state index is 10.8. The Kier molecular flexibility index (Phi) is 4.99. The molecular weight excluding hydrogens is 270 g/mol. The standard InChI is InChI=1S/C14H19N5O2/c1-3-18(11(2)9-14(20)21)10-13-15-16-17-19(13)12-7-5-4-6-8-12/h4-8,11H,3,9-10H2,1-2H3,(H,20,21). The van der Waals surface area contributed by atoms with Crippen LogP contribution in [0.15, 0.2) is 30.3 Å². The van der Waals surface area contributed by atoms with E-state index in [9.17, 15) is 4.79 Å². The minimum atomic E-state index is -0.802. The van der Waals surface area contributed by atoms with Gasteiger partial charge in [0.25, 0.3) is 0 Å². The molecule has 1 atom stereocenters. The highest BCUT2D eigenvalue weighted by Crippen LogP contribution is 2.12. The minimum Gasteiger partial charge on any atom is -0.481 e. The zero-order valence-corrected chi connectivity index (χ0v) is 12.2. The second kappa shape index (κ2) is 6.94. The van der Waals surface area contributed by atoms with E-state index in [1.807, 2.05) is 49.1 Å². The smallest absolute Gasteiger partial charge is 0.304 e. The first kappa shape index (κ1) is 15.1. The van der Waals surface area contributed by atoms with E-state index in [1.54, 1.807) is 4.68 Å². The first-order chi connectivity index (χ1) is 10.1. The molecule has 1 unspecified atom stereocenters. The Bertz CT molecular complexity index is 584. The van der Waals surface area contributed by atoms with Crippen molar-refractivity contribution in [3.8, 4) is 5.69 Å². The van der Waals surface area contributed by atoms with Crippen LogP contribution in [-0.4, -0.2) is 48.8 Å². The Morgan fingerprint density at radius 2 is 2.10 bits per heavy atom. The van der Waals surface area contributed by atoms with Gasteiger partial charge < -0.3 is 5.11 Å². The molecular formula is C14H19N5O2. The van der Waals surface area contributed by atoms with Gasteiger partial charge in [0.05, 0.1) is 18.7 Å². The van der Waals surface area contributed by atoms with E-state index in [0.717, 1.165) is 12.2 Å². The summed E-state index contributed by atoms with van der Waals surface area (Å²) in [6.45, 7) is 5.13. The summed E-state index contributed by atoms with van der Waals surface area (Å²) in [6, 6.07) is 9.55. The van der Waals surface area contributed by atoms with Gasteiger partial charge in [0, 0.05) is 6.04 Å². The van der Waals surface area contributed by atoms with Crippen LogP contribution in [-0.2, 0) is 11.3 Å². The molecule has 7 heteroatoms. The number of rotatable bonds is 7. The third-order valence-corrected chi connectivity index (χ3v) is 3.38. The molecule has 0 radical (unpaired) electrons. The number of carboxylic acids is 1. The van der Waals surface area contributed by atoms with E-state index in [4.69, 9.17) is 5.11 Å². The lowest BCUT2D eigenvalue weighted by Gasteiger charge is -2.25. The number of benzene rings is 1. The summed E-state index contributed by atoms with van der Waals surface area (Å²) in [5.74, 6) is -0.108. The number of hydrogen-bond acceptors (Lipinski definition) is 5. The van der Waals surface area contributed by atoms with Gasteiger partial charge in [-0.1, -0.05) is 25.1 Å². The topological polar surface area (TPSA) is 84.1 Å². The summed E-state index contributed by atoms with van der Waals surface area (Å²) >= 11 is 0. The van der Waals surface area contributed by atoms with E-state index < -0.39 is 5.97 Å². The van der Waals surface area contributed by atoms with Crippen LogP contribution in [0.1, 0.15) is 26.1 Å². The van der Waals surface area contributed by atoms with Crippen molar-refractivity contribution in [3.63, 3.8) is 0 Å². The van der Waals surface area contributed by atoms with Gasteiger partial charge in [-0.15, -0.1) is 5.10 Å². The predicted octanol–water partition coefficient (Wildman–Crippen LogP) is 1.35. The molecule has 1 aromatic heterocycles. The van der Waals surface area contributed by atoms with Crippen LogP contribution in [0.3, 0.4) is 0 Å². The van der Waals surface area contributed by atoms with Crippen molar-refractivity contribution in [2.75, 3.05) is 6.54 Å². The maximum Gasteiger partial charge on any atom is 0.304 e. The van der Waals surface area contributed by atoms with Gasteiger partial charge in [-0.25, -0.2) is 0 Å². The van der Waals surface area contributed by atoms with Crippen LogP contribution >= 0.6 is 0 Å². The number of para-hydroxylation sites is 1. The van der Waals surface area contributed by atoms with Crippen molar-refractivity contribution in [2.45, 2.75) is 32.9 Å². The summed E-state index contributed by atoms with van der Waals surface area (Å²) in [6.07, 6.45) is 0.0980. The molecule has 1 aromatic carbocycles. The van der Waals surface area contributed by atoms with Gasteiger partial charge in [-0.2, -0.15) is 4.68 Å². The zero-order valence-electron chi connectivity index (χ0n) is 12.2. The Morgan fingerprint density at radius 3 is 2.71 bits per heavy atom. The van der Waals surface area contributed by atoms with Crippen LogP contribution in [0, 0.1) is 0 Å². The molecule has 0 fully saturated rings. The SMILES string of the molecule is CCN(Cc1nnnn1-c1ccccc1)C(C)CC(=O)O. The van der Waals surface area contributed by atoms with Gasteiger partial charge in [-0.05, 0) is 36.0 Å². The fourth-order valence-electron chi connectivity index (χ4n) is 2.22. The monoisotopic (exact) mass is 289 g/mol. The molecule has 0 aliphatic heterocycles. The Balaban J connectivity index is 2.16.